The first-order valence-electron chi connectivity index (χ1n) is 12.3. The van der Waals surface area contributed by atoms with Gasteiger partial charge in [0, 0.05) is 17.4 Å². The number of nitrogens with one attached hydrogen (secondary N) is 1. The summed E-state index contributed by atoms with van der Waals surface area (Å²) in [5.41, 5.74) is 5.07. The number of para-hydroxylation sites is 1. The van der Waals surface area contributed by atoms with Crippen LogP contribution in [0.5, 0.6) is 5.75 Å². The van der Waals surface area contributed by atoms with Gasteiger partial charge in [-0.2, -0.15) is 5.10 Å². The molecular formula is C30H26FN5O2. The van der Waals surface area contributed by atoms with Crippen LogP contribution in [-0.2, 0) is 6.54 Å². The highest BCUT2D eigenvalue weighted by Gasteiger charge is 2.36. The number of aryl methyl sites for hydroxylation is 1. The van der Waals surface area contributed by atoms with Gasteiger partial charge in [0.1, 0.15) is 17.4 Å². The molecule has 2 amide bonds. The Morgan fingerprint density at radius 1 is 0.974 bits per heavy atom. The highest BCUT2D eigenvalue weighted by Crippen LogP contribution is 2.39. The zero-order valence-electron chi connectivity index (χ0n) is 21.0. The lowest BCUT2D eigenvalue weighted by Gasteiger charge is -2.31. The molecule has 2 aromatic heterocycles. The largest absolute Gasteiger partial charge is 0.497 e. The maximum Gasteiger partial charge on any atom is 0.322 e. The number of nitrogens with zero attached hydrogens (tertiary/aromatic N) is 4. The molecule has 0 saturated heterocycles. The van der Waals surface area contributed by atoms with Gasteiger partial charge < -0.3 is 19.5 Å². The average molecular weight is 508 g/mol. The number of benzene rings is 3. The zero-order chi connectivity index (χ0) is 26.2. The van der Waals surface area contributed by atoms with Crippen LogP contribution >= 0.6 is 0 Å². The lowest BCUT2D eigenvalue weighted by molar-refractivity contribution is 0.194. The molecule has 5 aromatic rings. The van der Waals surface area contributed by atoms with Crippen molar-refractivity contribution in [2.45, 2.75) is 19.5 Å². The lowest BCUT2D eigenvalue weighted by Crippen LogP contribution is -2.38. The van der Waals surface area contributed by atoms with Crippen LogP contribution < -0.4 is 10.1 Å². The van der Waals surface area contributed by atoms with E-state index >= 15 is 0 Å². The number of aromatic nitrogens is 3. The van der Waals surface area contributed by atoms with Gasteiger partial charge in [0.15, 0.2) is 0 Å². The molecule has 190 valence electrons. The summed E-state index contributed by atoms with van der Waals surface area (Å²) >= 11 is 0. The molecule has 0 spiro atoms. The minimum atomic E-state index is -0.410. The van der Waals surface area contributed by atoms with Crippen molar-refractivity contribution < 1.29 is 13.9 Å². The first kappa shape index (κ1) is 23.5. The standard InChI is InChI=1S/C30H26FN5O2/c1-20-26-19-35(30(37)32-23-14-12-22(31)13-15-23)28(21-10-16-25(38-2)17-11-21)27-9-6-18-34(27)29(26)36(33-20)24-7-4-3-5-8-24/h3-18,28H,19H2,1-2H3,(H,32,37). The second-order valence-corrected chi connectivity index (χ2v) is 9.18. The molecule has 1 aliphatic rings. The molecule has 3 aromatic carbocycles. The predicted octanol–water partition coefficient (Wildman–Crippen LogP) is 6.26. The maximum atomic E-state index is 13.9. The minimum absolute atomic E-state index is 0.301. The first-order chi connectivity index (χ1) is 18.5. The monoisotopic (exact) mass is 507 g/mol. The highest BCUT2D eigenvalue weighted by molar-refractivity contribution is 5.90. The summed E-state index contributed by atoms with van der Waals surface area (Å²) in [6.45, 7) is 2.28. The number of ether oxygens (including phenoxy) is 1. The summed E-state index contributed by atoms with van der Waals surface area (Å²) in [4.78, 5) is 15.7. The summed E-state index contributed by atoms with van der Waals surface area (Å²) in [6, 6.07) is 26.8. The summed E-state index contributed by atoms with van der Waals surface area (Å²) < 4.78 is 22.9. The Kier molecular flexibility index (Phi) is 5.92. The normalized spacial score (nSPS) is 14.4. The van der Waals surface area contributed by atoms with Crippen molar-refractivity contribution in [2.24, 2.45) is 0 Å². The van der Waals surface area contributed by atoms with Crippen LogP contribution in [0.4, 0.5) is 14.9 Å². The van der Waals surface area contributed by atoms with Crippen LogP contribution in [0.1, 0.15) is 28.6 Å². The summed E-state index contributed by atoms with van der Waals surface area (Å²) in [5.74, 6) is 1.27. The van der Waals surface area contributed by atoms with E-state index in [-0.39, 0.29) is 11.8 Å². The van der Waals surface area contributed by atoms with E-state index in [4.69, 9.17) is 9.84 Å². The van der Waals surface area contributed by atoms with Crippen molar-refractivity contribution in [1.29, 1.82) is 0 Å². The Morgan fingerprint density at radius 3 is 2.42 bits per heavy atom. The quantitative estimate of drug-likeness (QED) is 0.312. The van der Waals surface area contributed by atoms with Crippen LogP contribution in [0.2, 0.25) is 0 Å². The Labute approximate surface area is 219 Å². The van der Waals surface area contributed by atoms with E-state index in [1.807, 2.05) is 84.5 Å². The molecule has 0 aliphatic carbocycles. The average Bonchev–Trinajstić information content (AvgIpc) is 3.51. The predicted molar refractivity (Wildman–Crippen MR) is 143 cm³/mol. The van der Waals surface area contributed by atoms with Crippen molar-refractivity contribution in [3.05, 3.63) is 126 Å². The Hall–Kier alpha value is -4.85. The fourth-order valence-corrected chi connectivity index (χ4v) is 5.01. The van der Waals surface area contributed by atoms with Crippen molar-refractivity contribution in [3.8, 4) is 17.3 Å². The van der Waals surface area contributed by atoms with E-state index < -0.39 is 6.04 Å². The number of anilines is 1. The number of hydrogen-bond donors (Lipinski definition) is 1. The number of carbonyl (C=O) groups excluding carboxylic acids is 1. The Balaban J connectivity index is 1.52. The fourth-order valence-electron chi connectivity index (χ4n) is 5.01. The molecule has 3 heterocycles. The van der Waals surface area contributed by atoms with Crippen molar-refractivity contribution >= 4 is 11.7 Å². The number of fused-ring (bicyclic) bond motifs is 3. The van der Waals surface area contributed by atoms with Gasteiger partial charge in [0.25, 0.3) is 0 Å². The molecule has 6 rings (SSSR count). The van der Waals surface area contributed by atoms with Gasteiger partial charge in [0.05, 0.1) is 36.8 Å². The number of carbonyl (C=O) groups is 1. The molecule has 1 unspecified atom stereocenters. The number of rotatable bonds is 4. The number of hydrogen-bond acceptors (Lipinski definition) is 3. The molecule has 7 nitrogen and oxygen atoms in total. The van der Waals surface area contributed by atoms with E-state index in [1.165, 1.54) is 12.1 Å². The fraction of sp³-hybridized carbons (Fsp3) is 0.133. The SMILES string of the molecule is COc1ccc(C2c3cccn3-c3c(c(C)nn3-c3ccccc3)CN2C(=O)Nc2ccc(F)cc2)cc1. The second-order valence-electron chi connectivity index (χ2n) is 9.18. The van der Waals surface area contributed by atoms with Gasteiger partial charge in [0.2, 0.25) is 0 Å². The second kappa shape index (κ2) is 9.55. The Morgan fingerprint density at radius 2 is 1.71 bits per heavy atom. The summed E-state index contributed by atoms with van der Waals surface area (Å²) in [7, 11) is 1.63. The zero-order valence-corrected chi connectivity index (χ0v) is 21.0. The molecule has 1 aliphatic heterocycles. The van der Waals surface area contributed by atoms with E-state index in [0.717, 1.165) is 39.8 Å². The topological polar surface area (TPSA) is 64.3 Å². The molecule has 1 atom stereocenters. The van der Waals surface area contributed by atoms with Crippen molar-refractivity contribution in [3.63, 3.8) is 0 Å². The number of amides is 2. The molecule has 0 radical (unpaired) electrons. The van der Waals surface area contributed by atoms with Crippen LogP contribution in [-0.4, -0.2) is 32.4 Å². The van der Waals surface area contributed by atoms with E-state index in [9.17, 15) is 9.18 Å². The maximum absolute atomic E-state index is 13.9. The van der Waals surface area contributed by atoms with Gasteiger partial charge in [-0.25, -0.2) is 13.9 Å². The lowest BCUT2D eigenvalue weighted by atomic mass is 10.0. The number of urea groups is 1. The third-order valence-corrected chi connectivity index (χ3v) is 6.87. The first-order valence-corrected chi connectivity index (χ1v) is 12.3. The highest BCUT2D eigenvalue weighted by atomic mass is 19.1. The summed E-state index contributed by atoms with van der Waals surface area (Å²) in [6.07, 6.45) is 2.01. The molecule has 8 heteroatoms. The molecule has 0 bridgehead atoms. The van der Waals surface area contributed by atoms with Crippen molar-refractivity contribution in [1.82, 2.24) is 19.2 Å². The van der Waals surface area contributed by atoms with Crippen LogP contribution in [0, 0.1) is 12.7 Å². The van der Waals surface area contributed by atoms with Gasteiger partial charge in [-0.05, 0) is 73.2 Å². The van der Waals surface area contributed by atoms with Crippen LogP contribution in [0.15, 0.2) is 97.2 Å². The third-order valence-electron chi connectivity index (χ3n) is 6.87. The molecule has 38 heavy (non-hydrogen) atoms. The van der Waals surface area contributed by atoms with E-state index in [2.05, 4.69) is 9.88 Å². The van der Waals surface area contributed by atoms with Gasteiger partial charge in [-0.15, -0.1) is 0 Å². The molecule has 0 saturated carbocycles. The van der Waals surface area contributed by atoms with Gasteiger partial charge in [-0.1, -0.05) is 30.3 Å². The van der Waals surface area contributed by atoms with E-state index in [0.29, 0.717) is 12.2 Å². The van der Waals surface area contributed by atoms with E-state index in [1.54, 1.807) is 24.1 Å². The number of methoxy groups -OCH3 is 1. The Bertz CT molecular complexity index is 1590. The smallest absolute Gasteiger partial charge is 0.322 e. The molecular weight excluding hydrogens is 481 g/mol. The number of halogens is 1. The van der Waals surface area contributed by atoms with Gasteiger partial charge in [-0.3, -0.25) is 0 Å². The van der Waals surface area contributed by atoms with Crippen LogP contribution in [0.25, 0.3) is 11.5 Å². The minimum Gasteiger partial charge on any atom is -0.497 e. The molecule has 1 N–H and O–H groups in total. The van der Waals surface area contributed by atoms with Gasteiger partial charge >= 0.3 is 6.03 Å². The van der Waals surface area contributed by atoms with Crippen molar-refractivity contribution in [2.75, 3.05) is 12.4 Å². The molecule has 0 fully saturated rings. The summed E-state index contributed by atoms with van der Waals surface area (Å²) in [5, 5.41) is 7.83. The van der Waals surface area contributed by atoms with Crippen LogP contribution in [0.3, 0.4) is 0 Å². The third kappa shape index (κ3) is 4.10.